The molecule has 16 heteroatoms. The summed E-state index contributed by atoms with van der Waals surface area (Å²) >= 11 is 1.05. The number of anilines is 2. The molecule has 1 N–H and O–H groups in total. The molecule has 1 saturated heterocycles. The van der Waals surface area contributed by atoms with Crippen molar-refractivity contribution in [3.8, 4) is 22.8 Å². The fourth-order valence-corrected chi connectivity index (χ4v) is 4.90. The van der Waals surface area contributed by atoms with Crippen molar-refractivity contribution in [2.45, 2.75) is 6.36 Å². The molecule has 5 aromatic rings. The van der Waals surface area contributed by atoms with Crippen LogP contribution in [-0.2, 0) is 4.79 Å². The van der Waals surface area contributed by atoms with Crippen molar-refractivity contribution in [3.63, 3.8) is 0 Å². The van der Waals surface area contributed by atoms with E-state index in [1.54, 1.807) is 18.2 Å². The third-order valence-corrected chi connectivity index (χ3v) is 6.76. The zero-order valence-electron chi connectivity index (χ0n) is 20.9. The summed E-state index contributed by atoms with van der Waals surface area (Å²) in [6.45, 7) is 0. The van der Waals surface area contributed by atoms with E-state index in [0.29, 0.717) is 22.5 Å². The molecule has 6 rings (SSSR count). The summed E-state index contributed by atoms with van der Waals surface area (Å²) in [5, 5.41) is 6.69. The fraction of sp³-hybridized carbons (Fsp3) is 0.0769. The molecule has 0 unspecified atom stereocenters. The first-order valence-electron chi connectivity index (χ1n) is 11.9. The van der Waals surface area contributed by atoms with Gasteiger partial charge in [0.15, 0.2) is 23.0 Å². The summed E-state index contributed by atoms with van der Waals surface area (Å²) in [5.74, 6) is -1.33. The topological polar surface area (TPSA) is 128 Å². The van der Waals surface area contributed by atoms with Crippen molar-refractivity contribution in [1.29, 1.82) is 0 Å². The number of aliphatic imine (C=N–C) groups is 1. The molecular formula is C26H15F4N7O4S. The number of fused-ring (bicyclic) bond motifs is 1. The Hall–Kier alpha value is -5.25. The molecule has 2 aromatic heterocycles. The van der Waals surface area contributed by atoms with Gasteiger partial charge < -0.3 is 14.5 Å². The first-order chi connectivity index (χ1) is 20.1. The van der Waals surface area contributed by atoms with Gasteiger partial charge in [-0.1, -0.05) is 17.8 Å². The lowest BCUT2D eigenvalue weighted by molar-refractivity contribution is -0.274. The van der Waals surface area contributed by atoms with Gasteiger partial charge in [-0.25, -0.2) is 23.8 Å². The van der Waals surface area contributed by atoms with E-state index in [0.717, 1.165) is 30.0 Å². The molecule has 11 nitrogen and oxygen atoms in total. The van der Waals surface area contributed by atoms with E-state index in [9.17, 15) is 27.2 Å². The Bertz CT molecular complexity index is 1850. The number of benzene rings is 3. The number of urea groups is 1. The number of hydrogen-bond acceptors (Lipinski definition) is 8. The molecule has 0 spiro atoms. The highest BCUT2D eigenvalue weighted by Gasteiger charge is 2.33. The number of nitrogens with zero attached hydrogens (tertiary/aromatic N) is 6. The SMILES string of the molecule is O=C(/N=C1\SCC(=O)N1c1cccc2ocnc12)Nc1ccc(-c2ncn(-c3ccc(OC(F)(F)F)cc3)n2)cc1F. The van der Waals surface area contributed by atoms with Crippen LogP contribution in [0.3, 0.4) is 0 Å². The Labute approximate surface area is 236 Å². The lowest BCUT2D eigenvalue weighted by Gasteiger charge is -2.16. The molecule has 1 aliphatic heterocycles. The summed E-state index contributed by atoms with van der Waals surface area (Å²) in [4.78, 5) is 38.7. The molecule has 0 bridgehead atoms. The Morgan fingerprint density at radius 2 is 1.90 bits per heavy atom. The van der Waals surface area contributed by atoms with Crippen LogP contribution in [-0.4, -0.2) is 49.0 Å². The largest absolute Gasteiger partial charge is 0.573 e. The van der Waals surface area contributed by atoms with E-state index >= 15 is 0 Å². The number of carbonyl (C=O) groups excluding carboxylic acids is 2. The molecule has 1 aliphatic rings. The van der Waals surface area contributed by atoms with Gasteiger partial charge in [0.05, 0.1) is 22.8 Å². The second-order valence-electron chi connectivity index (χ2n) is 8.57. The number of rotatable bonds is 5. The average molecular weight is 598 g/mol. The van der Waals surface area contributed by atoms with Crippen LogP contribution in [0, 0.1) is 5.82 Å². The van der Waals surface area contributed by atoms with Crippen molar-refractivity contribution in [1.82, 2.24) is 19.7 Å². The van der Waals surface area contributed by atoms with Crippen LogP contribution in [0.2, 0.25) is 0 Å². The van der Waals surface area contributed by atoms with Gasteiger partial charge in [-0.15, -0.1) is 18.3 Å². The molecule has 0 radical (unpaired) electrons. The van der Waals surface area contributed by atoms with Gasteiger partial charge in [0.25, 0.3) is 0 Å². The first-order valence-corrected chi connectivity index (χ1v) is 12.9. The second kappa shape index (κ2) is 10.6. The number of alkyl halides is 3. The molecule has 3 aromatic carbocycles. The summed E-state index contributed by atoms with van der Waals surface area (Å²) in [7, 11) is 0. The number of aromatic nitrogens is 4. The molecule has 212 valence electrons. The molecule has 0 aliphatic carbocycles. The maximum Gasteiger partial charge on any atom is 0.573 e. The zero-order valence-corrected chi connectivity index (χ0v) is 21.7. The van der Waals surface area contributed by atoms with E-state index in [2.05, 4.69) is 30.1 Å². The van der Waals surface area contributed by atoms with Crippen molar-refractivity contribution < 1.29 is 36.3 Å². The summed E-state index contributed by atoms with van der Waals surface area (Å²) in [6.07, 6.45) is -2.26. The molecule has 42 heavy (non-hydrogen) atoms. The molecule has 0 atom stereocenters. The van der Waals surface area contributed by atoms with Crippen LogP contribution >= 0.6 is 11.8 Å². The van der Waals surface area contributed by atoms with Gasteiger partial charge in [0.2, 0.25) is 5.91 Å². The quantitative estimate of drug-likeness (QED) is 0.253. The van der Waals surface area contributed by atoms with Gasteiger partial charge in [-0.2, -0.15) is 4.99 Å². The van der Waals surface area contributed by atoms with E-state index in [4.69, 9.17) is 4.42 Å². The van der Waals surface area contributed by atoms with Crippen molar-refractivity contribution in [3.05, 3.63) is 79.2 Å². The highest BCUT2D eigenvalue weighted by molar-refractivity contribution is 8.15. The molecular weight excluding hydrogens is 582 g/mol. The van der Waals surface area contributed by atoms with E-state index in [-0.39, 0.29) is 33.9 Å². The Morgan fingerprint density at radius 3 is 2.67 bits per heavy atom. The molecule has 1 fully saturated rings. The highest BCUT2D eigenvalue weighted by Crippen LogP contribution is 2.32. The second-order valence-corrected chi connectivity index (χ2v) is 9.51. The van der Waals surface area contributed by atoms with Gasteiger partial charge in [-0.05, 0) is 54.6 Å². The van der Waals surface area contributed by atoms with Crippen LogP contribution < -0.4 is 15.0 Å². The van der Waals surface area contributed by atoms with E-state index < -0.39 is 24.0 Å². The van der Waals surface area contributed by atoms with Crippen molar-refractivity contribution >= 4 is 51.3 Å². The average Bonchev–Trinajstić information content (AvgIpc) is 3.70. The van der Waals surface area contributed by atoms with Crippen LogP contribution in [0.1, 0.15) is 0 Å². The van der Waals surface area contributed by atoms with Crippen molar-refractivity contribution in [2.75, 3.05) is 16.0 Å². The normalized spacial score (nSPS) is 14.6. The number of amidine groups is 1. The van der Waals surface area contributed by atoms with Crippen LogP contribution in [0.5, 0.6) is 5.75 Å². The summed E-state index contributed by atoms with van der Waals surface area (Å²) < 4.78 is 62.5. The van der Waals surface area contributed by atoms with Gasteiger partial charge in [0.1, 0.15) is 23.4 Å². The van der Waals surface area contributed by atoms with E-state index in [1.807, 2.05) is 0 Å². The lowest BCUT2D eigenvalue weighted by atomic mass is 10.2. The number of hydrogen-bond donors (Lipinski definition) is 1. The number of oxazole rings is 1. The van der Waals surface area contributed by atoms with Gasteiger partial charge >= 0.3 is 12.4 Å². The fourth-order valence-electron chi connectivity index (χ4n) is 4.04. The predicted molar refractivity (Wildman–Crippen MR) is 144 cm³/mol. The number of carbonyl (C=O) groups is 2. The molecule has 0 saturated carbocycles. The number of amides is 3. The maximum absolute atomic E-state index is 14.9. The lowest BCUT2D eigenvalue weighted by Crippen LogP contribution is -2.30. The zero-order chi connectivity index (χ0) is 29.4. The number of nitrogens with one attached hydrogen (secondary N) is 1. The number of halogens is 4. The maximum atomic E-state index is 14.9. The Balaban J connectivity index is 1.17. The first kappa shape index (κ1) is 26.9. The minimum absolute atomic E-state index is 0.0501. The van der Waals surface area contributed by atoms with E-state index in [1.165, 1.54) is 46.6 Å². The van der Waals surface area contributed by atoms with Crippen LogP contribution in [0.4, 0.5) is 33.7 Å². The Kier molecular flexibility index (Phi) is 6.82. The minimum Gasteiger partial charge on any atom is -0.443 e. The number of ether oxygens (including phenoxy) is 1. The van der Waals surface area contributed by atoms with Crippen molar-refractivity contribution in [2.24, 2.45) is 4.99 Å². The molecule has 3 heterocycles. The summed E-state index contributed by atoms with van der Waals surface area (Å²) in [6, 6.07) is 12.9. The third kappa shape index (κ3) is 5.51. The highest BCUT2D eigenvalue weighted by atomic mass is 32.2. The van der Waals surface area contributed by atoms with Crippen LogP contribution in [0.25, 0.3) is 28.2 Å². The smallest absolute Gasteiger partial charge is 0.443 e. The third-order valence-electron chi connectivity index (χ3n) is 5.84. The molecule has 3 amide bonds. The number of thioether (sulfide) groups is 1. The van der Waals surface area contributed by atoms with Gasteiger partial charge in [-0.3, -0.25) is 9.69 Å². The van der Waals surface area contributed by atoms with Crippen LogP contribution in [0.15, 0.2) is 82.8 Å². The standard InChI is InChI=1S/C26H15F4N7O4S/c27-17-10-14(23-31-12-36(35-23)15-5-7-16(8-6-15)41-26(28,29)30)4-9-18(17)33-24(39)34-25-37(21(38)11-42-25)19-2-1-3-20-22(19)32-13-40-20/h1-10,12-13H,11H2,(H,33,39)/b34-25-. The minimum atomic E-state index is -4.81. The summed E-state index contributed by atoms with van der Waals surface area (Å²) in [5.41, 5.74) is 1.77. The van der Waals surface area contributed by atoms with Gasteiger partial charge in [0, 0.05) is 5.56 Å². The number of para-hydroxylation sites is 1. The monoisotopic (exact) mass is 597 g/mol. The predicted octanol–water partition coefficient (Wildman–Crippen LogP) is 5.78. The Morgan fingerprint density at radius 1 is 1.10 bits per heavy atom.